The molecule has 0 saturated heterocycles. The first kappa shape index (κ1) is 13.4. The summed E-state index contributed by atoms with van der Waals surface area (Å²) < 4.78 is 12.5. The highest BCUT2D eigenvalue weighted by molar-refractivity contribution is 5.41. The Morgan fingerprint density at radius 2 is 2.21 bits per heavy atom. The fraction of sp³-hybridized carbons (Fsp3) is 0.385. The first-order chi connectivity index (χ1) is 9.11. The number of aromatic nitrogens is 3. The van der Waals surface area contributed by atoms with E-state index in [4.69, 9.17) is 9.47 Å². The minimum absolute atomic E-state index is 0.281. The van der Waals surface area contributed by atoms with Crippen LogP contribution < -0.4 is 9.47 Å². The molecule has 1 aromatic heterocycles. The number of rotatable bonds is 5. The molecular formula is C13H17N3O3. The van der Waals surface area contributed by atoms with E-state index < -0.39 is 6.10 Å². The average Bonchev–Trinajstić information content (AvgIpc) is 2.81. The normalized spacial score (nSPS) is 12.2. The molecule has 0 bridgehead atoms. The molecule has 0 aliphatic rings. The van der Waals surface area contributed by atoms with E-state index in [1.54, 1.807) is 44.0 Å². The van der Waals surface area contributed by atoms with Crippen LogP contribution in [0.2, 0.25) is 0 Å². The highest BCUT2D eigenvalue weighted by atomic mass is 16.5. The Balaban J connectivity index is 2.20. The fourth-order valence-corrected chi connectivity index (χ4v) is 1.70. The SMILES string of the molecule is COc1ccc(C(C)O)c(OCc2ncnn2C)c1. The molecule has 0 saturated carbocycles. The van der Waals surface area contributed by atoms with Crippen LogP contribution in [0.1, 0.15) is 24.4 Å². The Kier molecular flexibility index (Phi) is 4.01. The van der Waals surface area contributed by atoms with E-state index in [1.807, 2.05) is 0 Å². The van der Waals surface area contributed by atoms with Crippen molar-refractivity contribution in [2.24, 2.45) is 7.05 Å². The molecule has 0 amide bonds. The average molecular weight is 263 g/mol. The van der Waals surface area contributed by atoms with Gasteiger partial charge < -0.3 is 14.6 Å². The number of benzene rings is 1. The van der Waals surface area contributed by atoms with Gasteiger partial charge in [-0.15, -0.1) is 0 Å². The third-order valence-corrected chi connectivity index (χ3v) is 2.83. The van der Waals surface area contributed by atoms with Crippen molar-refractivity contribution >= 4 is 0 Å². The van der Waals surface area contributed by atoms with Crippen LogP contribution in [0.3, 0.4) is 0 Å². The van der Waals surface area contributed by atoms with Gasteiger partial charge in [0.05, 0.1) is 13.2 Å². The summed E-state index contributed by atoms with van der Waals surface area (Å²) in [5.41, 5.74) is 0.711. The monoisotopic (exact) mass is 263 g/mol. The molecular weight excluding hydrogens is 246 g/mol. The lowest BCUT2D eigenvalue weighted by Crippen LogP contribution is -2.06. The van der Waals surface area contributed by atoms with Crippen LogP contribution in [0.4, 0.5) is 0 Å². The molecule has 19 heavy (non-hydrogen) atoms. The second kappa shape index (κ2) is 5.71. The second-order valence-electron chi connectivity index (χ2n) is 4.17. The molecule has 6 heteroatoms. The number of aryl methyl sites for hydroxylation is 1. The minimum Gasteiger partial charge on any atom is -0.497 e. The Labute approximate surface area is 111 Å². The van der Waals surface area contributed by atoms with E-state index >= 15 is 0 Å². The number of nitrogens with zero attached hydrogens (tertiary/aromatic N) is 3. The number of ether oxygens (including phenoxy) is 2. The molecule has 102 valence electrons. The summed E-state index contributed by atoms with van der Waals surface area (Å²) in [5.74, 6) is 1.97. The van der Waals surface area contributed by atoms with E-state index in [0.29, 0.717) is 22.9 Å². The molecule has 1 atom stereocenters. The van der Waals surface area contributed by atoms with Gasteiger partial charge in [0.15, 0.2) is 5.82 Å². The van der Waals surface area contributed by atoms with E-state index in [-0.39, 0.29) is 6.61 Å². The molecule has 2 rings (SSSR count). The fourth-order valence-electron chi connectivity index (χ4n) is 1.70. The number of methoxy groups -OCH3 is 1. The van der Waals surface area contributed by atoms with Crippen LogP contribution in [0.15, 0.2) is 24.5 Å². The molecule has 0 aliphatic carbocycles. The first-order valence-corrected chi connectivity index (χ1v) is 5.93. The molecule has 0 aliphatic heterocycles. The molecule has 1 heterocycles. The predicted molar refractivity (Wildman–Crippen MR) is 69.0 cm³/mol. The van der Waals surface area contributed by atoms with Gasteiger partial charge in [0.1, 0.15) is 24.4 Å². The molecule has 0 spiro atoms. The van der Waals surface area contributed by atoms with Crippen molar-refractivity contribution in [3.63, 3.8) is 0 Å². The highest BCUT2D eigenvalue weighted by Crippen LogP contribution is 2.29. The molecule has 0 radical (unpaired) electrons. The van der Waals surface area contributed by atoms with Crippen molar-refractivity contribution in [2.45, 2.75) is 19.6 Å². The standard InChI is InChI=1S/C13H17N3O3/c1-9(17)11-5-4-10(18-3)6-12(11)19-7-13-14-8-15-16(13)2/h4-6,8-9,17H,7H2,1-3H3. The van der Waals surface area contributed by atoms with E-state index in [1.165, 1.54) is 6.33 Å². The van der Waals surface area contributed by atoms with Crippen molar-refractivity contribution in [3.05, 3.63) is 35.9 Å². The Bertz CT molecular complexity index is 552. The summed E-state index contributed by atoms with van der Waals surface area (Å²) in [7, 11) is 3.39. The van der Waals surface area contributed by atoms with Crippen LogP contribution in [0.25, 0.3) is 0 Å². The number of hydrogen-bond acceptors (Lipinski definition) is 5. The lowest BCUT2D eigenvalue weighted by molar-refractivity contribution is 0.189. The Morgan fingerprint density at radius 1 is 1.42 bits per heavy atom. The lowest BCUT2D eigenvalue weighted by Gasteiger charge is -2.14. The van der Waals surface area contributed by atoms with E-state index in [9.17, 15) is 5.11 Å². The van der Waals surface area contributed by atoms with Gasteiger partial charge >= 0.3 is 0 Å². The van der Waals surface area contributed by atoms with Crippen molar-refractivity contribution < 1.29 is 14.6 Å². The zero-order chi connectivity index (χ0) is 13.8. The summed E-state index contributed by atoms with van der Waals surface area (Å²) in [6.07, 6.45) is 0.861. The van der Waals surface area contributed by atoms with Gasteiger partial charge in [0.2, 0.25) is 0 Å². The third-order valence-electron chi connectivity index (χ3n) is 2.83. The Morgan fingerprint density at radius 3 is 2.79 bits per heavy atom. The number of aliphatic hydroxyl groups is 1. The molecule has 1 aromatic carbocycles. The van der Waals surface area contributed by atoms with Crippen molar-refractivity contribution in [3.8, 4) is 11.5 Å². The summed E-state index contributed by atoms with van der Waals surface area (Å²) in [6.45, 7) is 1.97. The zero-order valence-corrected chi connectivity index (χ0v) is 11.2. The summed E-state index contributed by atoms with van der Waals surface area (Å²) in [6, 6.07) is 5.32. The van der Waals surface area contributed by atoms with Gasteiger partial charge in [-0.1, -0.05) is 0 Å². The quantitative estimate of drug-likeness (QED) is 0.884. The van der Waals surface area contributed by atoms with Gasteiger partial charge in [-0.25, -0.2) is 4.98 Å². The smallest absolute Gasteiger partial charge is 0.164 e. The Hall–Kier alpha value is -2.08. The first-order valence-electron chi connectivity index (χ1n) is 5.93. The van der Waals surface area contributed by atoms with Gasteiger partial charge in [-0.3, -0.25) is 4.68 Å². The molecule has 0 fully saturated rings. The number of aliphatic hydroxyl groups excluding tert-OH is 1. The van der Waals surface area contributed by atoms with Crippen LogP contribution in [-0.2, 0) is 13.7 Å². The van der Waals surface area contributed by atoms with Gasteiger partial charge in [0.25, 0.3) is 0 Å². The van der Waals surface area contributed by atoms with Crippen LogP contribution in [0, 0.1) is 0 Å². The van der Waals surface area contributed by atoms with Crippen molar-refractivity contribution in [2.75, 3.05) is 7.11 Å². The molecule has 1 unspecified atom stereocenters. The summed E-state index contributed by atoms with van der Waals surface area (Å²) in [5, 5.41) is 13.7. The van der Waals surface area contributed by atoms with Crippen LogP contribution >= 0.6 is 0 Å². The van der Waals surface area contributed by atoms with Gasteiger partial charge in [-0.2, -0.15) is 5.10 Å². The lowest BCUT2D eigenvalue weighted by atomic mass is 10.1. The minimum atomic E-state index is -0.611. The largest absolute Gasteiger partial charge is 0.497 e. The number of hydrogen-bond donors (Lipinski definition) is 1. The summed E-state index contributed by atoms with van der Waals surface area (Å²) in [4.78, 5) is 4.08. The van der Waals surface area contributed by atoms with Crippen molar-refractivity contribution in [1.82, 2.24) is 14.8 Å². The third kappa shape index (κ3) is 3.03. The molecule has 2 aromatic rings. The topological polar surface area (TPSA) is 69.4 Å². The van der Waals surface area contributed by atoms with E-state index in [0.717, 1.165) is 0 Å². The zero-order valence-electron chi connectivity index (χ0n) is 11.2. The van der Waals surface area contributed by atoms with Crippen molar-refractivity contribution in [1.29, 1.82) is 0 Å². The highest BCUT2D eigenvalue weighted by Gasteiger charge is 2.12. The summed E-state index contributed by atoms with van der Waals surface area (Å²) >= 11 is 0. The second-order valence-corrected chi connectivity index (χ2v) is 4.17. The maximum Gasteiger partial charge on any atom is 0.164 e. The molecule has 1 N–H and O–H groups in total. The van der Waals surface area contributed by atoms with Gasteiger partial charge in [-0.05, 0) is 19.1 Å². The maximum atomic E-state index is 9.73. The van der Waals surface area contributed by atoms with Crippen LogP contribution in [-0.4, -0.2) is 27.0 Å². The molecule has 6 nitrogen and oxygen atoms in total. The predicted octanol–water partition coefficient (Wildman–Crippen LogP) is 1.46. The van der Waals surface area contributed by atoms with Gasteiger partial charge in [0, 0.05) is 18.7 Å². The van der Waals surface area contributed by atoms with E-state index in [2.05, 4.69) is 10.1 Å². The van der Waals surface area contributed by atoms with Crippen LogP contribution in [0.5, 0.6) is 11.5 Å². The maximum absolute atomic E-state index is 9.73.